The van der Waals surface area contributed by atoms with Crippen molar-refractivity contribution in [1.82, 2.24) is 19.6 Å². The van der Waals surface area contributed by atoms with Crippen LogP contribution in [-0.4, -0.2) is 33.8 Å². The number of ether oxygens (including phenoxy) is 2. The maximum atomic E-state index is 5.40. The number of rotatable bonds is 5. The molecule has 126 valence electrons. The molecule has 0 radical (unpaired) electrons. The molecule has 0 saturated carbocycles. The van der Waals surface area contributed by atoms with Gasteiger partial charge in [0.05, 0.1) is 31.8 Å². The Morgan fingerprint density at radius 1 is 1.16 bits per heavy atom. The molecule has 0 saturated heterocycles. The van der Waals surface area contributed by atoms with Crippen LogP contribution in [-0.2, 0) is 0 Å². The molecule has 8 heteroatoms. The molecule has 3 heterocycles. The lowest BCUT2D eigenvalue weighted by molar-refractivity contribution is 0.395. The summed E-state index contributed by atoms with van der Waals surface area (Å²) < 4.78 is 12.4. The summed E-state index contributed by atoms with van der Waals surface area (Å²) in [6.07, 6.45) is 5.41. The van der Waals surface area contributed by atoms with Crippen LogP contribution in [0.2, 0.25) is 0 Å². The number of hydrogen-bond acceptors (Lipinski definition) is 7. The lowest BCUT2D eigenvalue weighted by atomic mass is 10.2. The van der Waals surface area contributed by atoms with Crippen LogP contribution in [0.5, 0.6) is 11.5 Å². The lowest BCUT2D eigenvalue weighted by Gasteiger charge is -2.10. The minimum absolute atomic E-state index is 0.684. The summed E-state index contributed by atoms with van der Waals surface area (Å²) in [7, 11) is 3.24. The third kappa shape index (κ3) is 2.99. The Balaban J connectivity index is 1.62. The highest BCUT2D eigenvalue weighted by molar-refractivity contribution is 7.20. The molecule has 1 aromatic carbocycles. The Morgan fingerprint density at radius 3 is 2.80 bits per heavy atom. The third-order valence-corrected chi connectivity index (χ3v) is 4.49. The van der Waals surface area contributed by atoms with Crippen molar-refractivity contribution in [3.05, 3.63) is 48.9 Å². The number of hydrogen-bond donors (Lipinski definition) is 1. The molecule has 0 aliphatic heterocycles. The predicted octanol–water partition coefficient (Wildman–Crippen LogP) is 3.61. The van der Waals surface area contributed by atoms with Gasteiger partial charge in [-0.05, 0) is 24.3 Å². The molecule has 0 bridgehead atoms. The monoisotopic (exact) mass is 353 g/mol. The van der Waals surface area contributed by atoms with E-state index in [9.17, 15) is 0 Å². The van der Waals surface area contributed by atoms with Gasteiger partial charge in [-0.25, -0.2) is 9.50 Å². The topological polar surface area (TPSA) is 73.6 Å². The highest BCUT2D eigenvalue weighted by Crippen LogP contribution is 2.33. The van der Waals surface area contributed by atoms with Gasteiger partial charge in [-0.1, -0.05) is 11.3 Å². The molecule has 1 N–H and O–H groups in total. The SMILES string of the molecule is COc1ccc(Nc2nn3cc(-c4cccnc4)nc3s2)c(OC)c1. The number of fused-ring (bicyclic) bond motifs is 1. The summed E-state index contributed by atoms with van der Waals surface area (Å²) in [6, 6.07) is 9.44. The van der Waals surface area contributed by atoms with Gasteiger partial charge in [0.15, 0.2) is 0 Å². The molecule has 4 aromatic rings. The molecule has 7 nitrogen and oxygen atoms in total. The zero-order chi connectivity index (χ0) is 17.2. The van der Waals surface area contributed by atoms with E-state index in [1.165, 1.54) is 11.3 Å². The van der Waals surface area contributed by atoms with Crippen LogP contribution in [0.1, 0.15) is 0 Å². The van der Waals surface area contributed by atoms with Crippen molar-refractivity contribution in [1.29, 1.82) is 0 Å². The fourth-order valence-electron chi connectivity index (χ4n) is 2.42. The smallest absolute Gasteiger partial charge is 0.214 e. The third-order valence-electron chi connectivity index (χ3n) is 3.65. The number of aromatic nitrogens is 4. The highest BCUT2D eigenvalue weighted by Gasteiger charge is 2.12. The first kappa shape index (κ1) is 15.4. The van der Waals surface area contributed by atoms with Gasteiger partial charge in [0.2, 0.25) is 10.1 Å². The van der Waals surface area contributed by atoms with Crippen molar-refractivity contribution in [2.24, 2.45) is 0 Å². The molecule has 0 amide bonds. The Morgan fingerprint density at radius 2 is 2.08 bits per heavy atom. The summed E-state index contributed by atoms with van der Waals surface area (Å²) in [5, 5.41) is 8.52. The van der Waals surface area contributed by atoms with E-state index in [0.29, 0.717) is 5.75 Å². The number of nitrogens with one attached hydrogen (secondary N) is 1. The Kier molecular flexibility index (Phi) is 3.95. The van der Waals surface area contributed by atoms with Gasteiger partial charge in [0, 0.05) is 24.0 Å². The molecule has 0 unspecified atom stereocenters. The van der Waals surface area contributed by atoms with Crippen LogP contribution in [0.4, 0.5) is 10.8 Å². The molecule has 0 atom stereocenters. The Labute approximate surface area is 147 Å². The zero-order valence-electron chi connectivity index (χ0n) is 13.6. The minimum Gasteiger partial charge on any atom is -0.497 e. The fourth-order valence-corrected chi connectivity index (χ4v) is 3.21. The maximum absolute atomic E-state index is 5.40. The summed E-state index contributed by atoms with van der Waals surface area (Å²) >= 11 is 1.46. The maximum Gasteiger partial charge on any atom is 0.214 e. The number of anilines is 2. The van der Waals surface area contributed by atoms with Crippen molar-refractivity contribution < 1.29 is 9.47 Å². The molecule has 0 fully saturated rings. The van der Waals surface area contributed by atoms with E-state index in [4.69, 9.17) is 9.47 Å². The van der Waals surface area contributed by atoms with Crippen molar-refractivity contribution in [3.8, 4) is 22.8 Å². The van der Waals surface area contributed by atoms with Crippen LogP contribution in [0, 0.1) is 0 Å². The second-order valence-electron chi connectivity index (χ2n) is 5.19. The second-order valence-corrected chi connectivity index (χ2v) is 6.15. The largest absolute Gasteiger partial charge is 0.497 e. The van der Waals surface area contributed by atoms with Crippen LogP contribution < -0.4 is 14.8 Å². The van der Waals surface area contributed by atoms with Crippen molar-refractivity contribution >= 4 is 27.1 Å². The van der Waals surface area contributed by atoms with E-state index in [2.05, 4.69) is 20.4 Å². The van der Waals surface area contributed by atoms with Gasteiger partial charge >= 0.3 is 0 Å². The van der Waals surface area contributed by atoms with E-state index in [1.54, 1.807) is 31.1 Å². The normalized spacial score (nSPS) is 10.8. The molecule has 0 aliphatic rings. The van der Waals surface area contributed by atoms with Gasteiger partial charge in [-0.15, -0.1) is 5.10 Å². The first-order valence-corrected chi connectivity index (χ1v) is 8.34. The minimum atomic E-state index is 0.684. The molecular weight excluding hydrogens is 338 g/mol. The number of pyridine rings is 1. The number of imidazole rings is 1. The van der Waals surface area contributed by atoms with E-state index < -0.39 is 0 Å². The summed E-state index contributed by atoms with van der Waals surface area (Å²) in [6.45, 7) is 0. The highest BCUT2D eigenvalue weighted by atomic mass is 32.1. The molecular formula is C17H15N5O2S. The Hall–Kier alpha value is -3.13. The number of methoxy groups -OCH3 is 2. The van der Waals surface area contributed by atoms with Crippen LogP contribution in [0.15, 0.2) is 48.9 Å². The zero-order valence-corrected chi connectivity index (χ0v) is 14.4. The number of benzene rings is 1. The molecule has 0 aliphatic carbocycles. The van der Waals surface area contributed by atoms with Gasteiger partial charge in [0.25, 0.3) is 0 Å². The van der Waals surface area contributed by atoms with Gasteiger partial charge in [-0.3, -0.25) is 4.98 Å². The first-order chi connectivity index (χ1) is 12.3. The predicted molar refractivity (Wildman–Crippen MR) is 96.9 cm³/mol. The van der Waals surface area contributed by atoms with E-state index in [0.717, 1.165) is 32.8 Å². The first-order valence-electron chi connectivity index (χ1n) is 7.52. The lowest BCUT2D eigenvalue weighted by Crippen LogP contribution is -1.96. The van der Waals surface area contributed by atoms with Gasteiger partial charge in [-0.2, -0.15) is 0 Å². The van der Waals surface area contributed by atoms with Crippen molar-refractivity contribution in [2.75, 3.05) is 19.5 Å². The average Bonchev–Trinajstić information content (AvgIpc) is 3.21. The summed E-state index contributed by atoms with van der Waals surface area (Å²) in [5.74, 6) is 1.42. The van der Waals surface area contributed by atoms with Crippen LogP contribution >= 0.6 is 11.3 Å². The van der Waals surface area contributed by atoms with Crippen molar-refractivity contribution in [3.63, 3.8) is 0 Å². The number of nitrogens with zero attached hydrogens (tertiary/aromatic N) is 4. The van der Waals surface area contributed by atoms with Gasteiger partial charge < -0.3 is 14.8 Å². The Bertz CT molecular complexity index is 981. The van der Waals surface area contributed by atoms with E-state index in [-0.39, 0.29) is 0 Å². The van der Waals surface area contributed by atoms with Crippen LogP contribution in [0.25, 0.3) is 16.2 Å². The molecule has 4 rings (SSSR count). The van der Waals surface area contributed by atoms with E-state index in [1.807, 2.05) is 36.5 Å². The second kappa shape index (κ2) is 6.40. The van der Waals surface area contributed by atoms with Crippen LogP contribution in [0.3, 0.4) is 0 Å². The van der Waals surface area contributed by atoms with E-state index >= 15 is 0 Å². The molecule has 25 heavy (non-hydrogen) atoms. The quantitative estimate of drug-likeness (QED) is 0.591. The fraction of sp³-hybridized carbons (Fsp3) is 0.118. The standard InChI is InChI=1S/C17H15N5O2S/c1-23-12-5-6-13(15(8-12)24-2)19-16-21-22-10-14(20-17(22)25-16)11-4-3-7-18-9-11/h3-10H,1-2H3,(H,19,21). The summed E-state index contributed by atoms with van der Waals surface area (Å²) in [4.78, 5) is 9.52. The molecule has 3 aromatic heterocycles. The molecule has 0 spiro atoms. The van der Waals surface area contributed by atoms with Crippen molar-refractivity contribution in [2.45, 2.75) is 0 Å². The summed E-state index contributed by atoms with van der Waals surface area (Å²) in [5.41, 5.74) is 2.62. The average molecular weight is 353 g/mol. The van der Waals surface area contributed by atoms with Gasteiger partial charge in [0.1, 0.15) is 11.5 Å².